The summed E-state index contributed by atoms with van der Waals surface area (Å²) in [5.74, 6) is -0.294. The van der Waals surface area contributed by atoms with E-state index in [2.05, 4.69) is 15.5 Å². The average Bonchev–Trinajstić information content (AvgIpc) is 3.00. The van der Waals surface area contributed by atoms with Crippen LogP contribution in [0.25, 0.3) is 0 Å². The van der Waals surface area contributed by atoms with Gasteiger partial charge >= 0.3 is 6.18 Å². The van der Waals surface area contributed by atoms with Crippen LogP contribution in [0.4, 0.5) is 13.2 Å². The van der Waals surface area contributed by atoms with Crippen molar-refractivity contribution in [2.75, 3.05) is 0 Å². The monoisotopic (exact) mass is 309 g/mol. The number of H-pyrrole nitrogens is 1. The molecule has 0 spiro atoms. The average molecular weight is 309 g/mol. The molecule has 2 heterocycles. The Hall–Kier alpha value is -2.31. The second kappa shape index (κ2) is 4.86. The number of alkyl halides is 3. The summed E-state index contributed by atoms with van der Waals surface area (Å²) < 4.78 is 38.6. The fourth-order valence-electron chi connectivity index (χ4n) is 2.69. The van der Waals surface area contributed by atoms with Crippen molar-refractivity contribution in [2.45, 2.75) is 32.0 Å². The molecule has 1 aromatic heterocycles. The van der Waals surface area contributed by atoms with E-state index >= 15 is 0 Å². The fourth-order valence-corrected chi connectivity index (χ4v) is 2.69. The number of amides is 1. The predicted molar refractivity (Wildman–Crippen MR) is 73.4 cm³/mol. The van der Waals surface area contributed by atoms with Crippen LogP contribution in [-0.2, 0) is 6.18 Å². The van der Waals surface area contributed by atoms with E-state index in [0.29, 0.717) is 11.1 Å². The predicted octanol–water partition coefficient (Wildman–Crippen LogP) is 3.38. The number of aromatic amines is 1. The number of halogens is 3. The van der Waals surface area contributed by atoms with Crippen molar-refractivity contribution in [3.05, 3.63) is 52.3 Å². The second-order valence-corrected chi connectivity index (χ2v) is 5.58. The van der Waals surface area contributed by atoms with Crippen molar-refractivity contribution in [1.29, 1.82) is 0 Å². The van der Waals surface area contributed by atoms with Crippen LogP contribution in [-0.4, -0.2) is 16.1 Å². The summed E-state index contributed by atoms with van der Waals surface area (Å²) in [7, 11) is 0. The molecule has 1 aliphatic heterocycles. The van der Waals surface area contributed by atoms with Crippen molar-refractivity contribution in [1.82, 2.24) is 15.5 Å². The lowest BCUT2D eigenvalue weighted by Crippen LogP contribution is -2.22. The van der Waals surface area contributed by atoms with Gasteiger partial charge in [0.15, 0.2) is 5.69 Å². The van der Waals surface area contributed by atoms with Crippen molar-refractivity contribution >= 4 is 5.91 Å². The van der Waals surface area contributed by atoms with Gasteiger partial charge in [-0.2, -0.15) is 18.3 Å². The number of hydrogen-bond donors (Lipinski definition) is 2. The van der Waals surface area contributed by atoms with Gasteiger partial charge in [-0.1, -0.05) is 26.0 Å². The maximum atomic E-state index is 12.9. The van der Waals surface area contributed by atoms with Gasteiger partial charge in [0, 0.05) is 11.3 Å². The molecule has 0 fully saturated rings. The van der Waals surface area contributed by atoms with Gasteiger partial charge in [0.2, 0.25) is 0 Å². The molecule has 0 radical (unpaired) electrons. The molecule has 22 heavy (non-hydrogen) atoms. The van der Waals surface area contributed by atoms with E-state index in [1.807, 2.05) is 13.8 Å². The Morgan fingerprint density at radius 1 is 1.27 bits per heavy atom. The molecular weight excluding hydrogens is 295 g/mol. The number of rotatable bonds is 2. The molecule has 1 aromatic carbocycles. The molecule has 4 nitrogen and oxygen atoms in total. The highest BCUT2D eigenvalue weighted by atomic mass is 19.4. The molecule has 1 aliphatic rings. The number of benzene rings is 1. The van der Waals surface area contributed by atoms with Crippen LogP contribution in [0.1, 0.15) is 58.7 Å². The smallest absolute Gasteiger partial charge is 0.340 e. The Morgan fingerprint density at radius 2 is 2.00 bits per heavy atom. The van der Waals surface area contributed by atoms with Gasteiger partial charge < -0.3 is 5.32 Å². The highest BCUT2D eigenvalue weighted by molar-refractivity contribution is 5.98. The molecule has 0 bridgehead atoms. The third kappa shape index (κ3) is 2.26. The minimum absolute atomic E-state index is 0.0808. The molecule has 0 saturated carbocycles. The van der Waals surface area contributed by atoms with Crippen molar-refractivity contribution < 1.29 is 18.0 Å². The summed E-state index contributed by atoms with van der Waals surface area (Å²) in [6, 6.07) is 4.39. The van der Waals surface area contributed by atoms with Crippen molar-refractivity contribution in [3.8, 4) is 0 Å². The maximum absolute atomic E-state index is 12.9. The van der Waals surface area contributed by atoms with Gasteiger partial charge in [-0.15, -0.1) is 0 Å². The number of nitrogens with one attached hydrogen (secondary N) is 2. The summed E-state index contributed by atoms with van der Waals surface area (Å²) >= 11 is 0. The molecule has 1 amide bonds. The fraction of sp³-hybridized carbons (Fsp3) is 0.333. The topological polar surface area (TPSA) is 57.8 Å². The van der Waals surface area contributed by atoms with E-state index in [1.54, 1.807) is 6.07 Å². The first-order valence-corrected chi connectivity index (χ1v) is 6.85. The zero-order valence-corrected chi connectivity index (χ0v) is 12.0. The number of fused-ring (bicyclic) bond motifs is 1. The van der Waals surface area contributed by atoms with Gasteiger partial charge in [-0.25, -0.2) is 0 Å². The second-order valence-electron chi connectivity index (χ2n) is 5.58. The third-order valence-electron chi connectivity index (χ3n) is 3.74. The summed E-state index contributed by atoms with van der Waals surface area (Å²) in [5, 5.41) is 9.51. The largest absolute Gasteiger partial charge is 0.416 e. The standard InChI is InChI=1S/C15H14F3N3O/c1-7(2)11-10-12(19-14(22)13(10)21-20-11)8-4-3-5-9(6-8)15(16,17)18/h3-7,12H,1-2H3,(H,19,22)(H,20,21). The Labute approximate surface area is 124 Å². The number of aromatic nitrogens is 2. The number of nitrogens with zero attached hydrogens (tertiary/aromatic N) is 1. The van der Waals surface area contributed by atoms with Crippen LogP contribution < -0.4 is 5.32 Å². The number of carbonyl (C=O) groups excluding carboxylic acids is 1. The first-order valence-electron chi connectivity index (χ1n) is 6.85. The lowest BCUT2D eigenvalue weighted by Gasteiger charge is -2.16. The summed E-state index contributed by atoms with van der Waals surface area (Å²) in [6.45, 7) is 3.86. The van der Waals surface area contributed by atoms with Gasteiger partial charge in [-0.3, -0.25) is 9.89 Å². The third-order valence-corrected chi connectivity index (χ3v) is 3.74. The zero-order chi connectivity index (χ0) is 16.1. The van der Waals surface area contributed by atoms with Crippen LogP contribution in [0.15, 0.2) is 24.3 Å². The van der Waals surface area contributed by atoms with Crippen LogP contribution in [0.5, 0.6) is 0 Å². The summed E-state index contributed by atoms with van der Waals surface area (Å²) in [4.78, 5) is 12.0. The lowest BCUT2D eigenvalue weighted by molar-refractivity contribution is -0.137. The molecule has 0 saturated heterocycles. The van der Waals surface area contributed by atoms with Crippen molar-refractivity contribution in [2.24, 2.45) is 0 Å². The Kier molecular flexibility index (Phi) is 3.23. The Bertz CT molecular complexity index is 734. The van der Waals surface area contributed by atoms with Gasteiger partial charge in [0.05, 0.1) is 11.6 Å². The van der Waals surface area contributed by atoms with Gasteiger partial charge in [0.25, 0.3) is 5.91 Å². The Morgan fingerprint density at radius 3 is 2.64 bits per heavy atom. The first-order chi connectivity index (χ1) is 10.3. The first kappa shape index (κ1) is 14.6. The molecule has 0 aliphatic carbocycles. The summed E-state index contributed by atoms with van der Waals surface area (Å²) in [5.41, 5.74) is 1.31. The van der Waals surface area contributed by atoms with Crippen LogP contribution in [0.3, 0.4) is 0 Å². The molecule has 3 rings (SSSR count). The molecular formula is C15H14F3N3O. The van der Waals surface area contributed by atoms with Gasteiger partial charge in [-0.05, 0) is 23.6 Å². The zero-order valence-electron chi connectivity index (χ0n) is 12.0. The maximum Gasteiger partial charge on any atom is 0.416 e. The number of hydrogen-bond acceptors (Lipinski definition) is 2. The normalized spacial score (nSPS) is 17.7. The lowest BCUT2D eigenvalue weighted by atomic mass is 9.94. The van der Waals surface area contributed by atoms with Crippen LogP contribution >= 0.6 is 0 Å². The molecule has 1 atom stereocenters. The van der Waals surface area contributed by atoms with Crippen molar-refractivity contribution in [3.63, 3.8) is 0 Å². The highest BCUT2D eigenvalue weighted by Gasteiger charge is 2.37. The van der Waals surface area contributed by atoms with Crippen LogP contribution in [0.2, 0.25) is 0 Å². The van der Waals surface area contributed by atoms with E-state index in [9.17, 15) is 18.0 Å². The molecule has 116 valence electrons. The van der Waals surface area contributed by atoms with E-state index in [4.69, 9.17) is 0 Å². The van der Waals surface area contributed by atoms with E-state index in [-0.39, 0.29) is 17.5 Å². The van der Waals surface area contributed by atoms with Crippen LogP contribution in [0, 0.1) is 0 Å². The quantitative estimate of drug-likeness (QED) is 0.893. The van der Waals surface area contributed by atoms with Gasteiger partial charge in [0.1, 0.15) is 0 Å². The minimum atomic E-state index is -4.42. The number of carbonyl (C=O) groups is 1. The SMILES string of the molecule is CC(C)c1[nH]nc2c1C(c1cccc(C(F)(F)F)c1)NC2=O. The summed E-state index contributed by atoms with van der Waals surface area (Å²) in [6.07, 6.45) is -4.42. The highest BCUT2D eigenvalue weighted by Crippen LogP contribution is 2.37. The molecule has 1 unspecified atom stereocenters. The Balaban J connectivity index is 2.09. The molecule has 2 aromatic rings. The minimum Gasteiger partial charge on any atom is -0.340 e. The molecule has 2 N–H and O–H groups in total. The van der Waals surface area contributed by atoms with E-state index in [0.717, 1.165) is 17.8 Å². The molecule has 7 heteroatoms. The van der Waals surface area contributed by atoms with E-state index < -0.39 is 17.8 Å². The van der Waals surface area contributed by atoms with E-state index in [1.165, 1.54) is 6.07 Å².